The first-order chi connectivity index (χ1) is 17.9. The van der Waals surface area contributed by atoms with E-state index >= 15 is 0 Å². The highest BCUT2D eigenvalue weighted by Crippen LogP contribution is 2.39. The molecule has 4 aromatic carbocycles. The summed E-state index contributed by atoms with van der Waals surface area (Å²) in [5, 5.41) is 16.1. The zero-order valence-corrected chi connectivity index (χ0v) is 22.9. The van der Waals surface area contributed by atoms with Crippen molar-refractivity contribution in [1.29, 1.82) is 0 Å². The van der Waals surface area contributed by atoms with Crippen LogP contribution in [0.15, 0.2) is 84.9 Å². The molecule has 0 aliphatic carbocycles. The number of rotatable bonds is 8. The number of nitrogens with one attached hydrogen (secondary N) is 1. The van der Waals surface area contributed by atoms with Gasteiger partial charge >= 0.3 is 5.97 Å². The predicted molar refractivity (Wildman–Crippen MR) is 158 cm³/mol. The van der Waals surface area contributed by atoms with Gasteiger partial charge in [-0.1, -0.05) is 74.5 Å². The lowest BCUT2D eigenvalue weighted by Gasteiger charge is -2.37. The minimum absolute atomic E-state index is 0. The Balaban J connectivity index is 0.00000336. The first kappa shape index (κ1) is 27.5. The van der Waals surface area contributed by atoms with Gasteiger partial charge in [0.1, 0.15) is 11.9 Å². The van der Waals surface area contributed by atoms with Crippen LogP contribution < -0.4 is 15.0 Å². The molecule has 1 aliphatic heterocycles. The number of ether oxygens (including phenoxy) is 1. The molecule has 0 bridgehead atoms. The molecule has 2 atom stereocenters. The number of hydrogen-bond acceptors (Lipinski definition) is 4. The second-order valence-corrected chi connectivity index (χ2v) is 10.1. The number of carbonyl (C=O) groups is 1. The number of nitrogens with zero attached hydrogens (tertiary/aromatic N) is 1. The molecule has 0 saturated carbocycles. The van der Waals surface area contributed by atoms with Gasteiger partial charge in [-0.05, 0) is 72.0 Å². The molecule has 198 valence electrons. The van der Waals surface area contributed by atoms with Gasteiger partial charge in [-0.3, -0.25) is 0 Å². The quantitative estimate of drug-likeness (QED) is 0.244. The number of hydrogen-bond donors (Lipinski definition) is 2. The summed E-state index contributed by atoms with van der Waals surface area (Å²) in [6, 6.07) is 28.9. The Bertz CT molecular complexity index is 1420. The molecule has 0 aromatic heterocycles. The molecule has 0 saturated heterocycles. The highest BCUT2D eigenvalue weighted by molar-refractivity contribution is 5.91. The Kier molecular flexibility index (Phi) is 8.60. The third-order valence-corrected chi connectivity index (χ3v) is 7.24. The molecule has 0 spiro atoms. The van der Waals surface area contributed by atoms with Crippen molar-refractivity contribution in [2.75, 3.05) is 18.0 Å². The van der Waals surface area contributed by atoms with Crippen LogP contribution in [0.4, 0.5) is 11.4 Å². The summed E-state index contributed by atoms with van der Waals surface area (Å²) in [5.74, 6) is 0.0700. The molecule has 2 N–H and O–H groups in total. The molecule has 5 rings (SSSR count). The Morgan fingerprint density at radius 1 is 0.974 bits per heavy atom. The van der Waals surface area contributed by atoms with Crippen molar-refractivity contribution in [3.05, 3.63) is 102 Å². The minimum atomic E-state index is -0.893. The lowest BCUT2D eigenvalue weighted by molar-refractivity contribution is 0.0695. The Hall–Kier alpha value is -3.54. The molecule has 0 radical (unpaired) electrons. The van der Waals surface area contributed by atoms with Crippen molar-refractivity contribution in [3.8, 4) is 5.75 Å². The normalized spacial score (nSPS) is 15.5. The van der Waals surface area contributed by atoms with E-state index in [2.05, 4.69) is 59.6 Å². The fourth-order valence-corrected chi connectivity index (χ4v) is 5.29. The second-order valence-electron chi connectivity index (χ2n) is 10.1. The zero-order chi connectivity index (χ0) is 25.9. The van der Waals surface area contributed by atoms with E-state index in [1.165, 1.54) is 16.3 Å². The zero-order valence-electron chi connectivity index (χ0n) is 22.1. The number of anilines is 2. The van der Waals surface area contributed by atoms with Crippen molar-refractivity contribution in [3.63, 3.8) is 0 Å². The van der Waals surface area contributed by atoms with Gasteiger partial charge in [0.15, 0.2) is 0 Å². The molecule has 6 heteroatoms. The Morgan fingerprint density at radius 3 is 2.50 bits per heavy atom. The summed E-state index contributed by atoms with van der Waals surface area (Å²) >= 11 is 0. The summed E-state index contributed by atoms with van der Waals surface area (Å²) in [5.41, 5.74) is 4.34. The van der Waals surface area contributed by atoms with E-state index in [0.29, 0.717) is 12.1 Å². The smallest absolute Gasteiger partial charge is 0.336 e. The van der Waals surface area contributed by atoms with Gasteiger partial charge in [0.25, 0.3) is 0 Å². The lowest BCUT2D eigenvalue weighted by Crippen LogP contribution is -2.39. The van der Waals surface area contributed by atoms with Crippen molar-refractivity contribution in [2.24, 2.45) is 0 Å². The number of aromatic carboxylic acids is 1. The number of fused-ring (bicyclic) bond motifs is 2. The summed E-state index contributed by atoms with van der Waals surface area (Å²) in [7, 11) is 0. The first-order valence-corrected chi connectivity index (χ1v) is 13.0. The van der Waals surface area contributed by atoms with Crippen LogP contribution in [0.1, 0.15) is 60.6 Å². The number of para-hydroxylation sites is 2. The topological polar surface area (TPSA) is 61.8 Å². The van der Waals surface area contributed by atoms with Crippen LogP contribution in [-0.4, -0.2) is 30.3 Å². The molecule has 0 amide bonds. The average Bonchev–Trinajstić information content (AvgIpc) is 2.91. The largest absolute Gasteiger partial charge is 0.486 e. The summed E-state index contributed by atoms with van der Waals surface area (Å²) < 4.78 is 6.38. The third kappa shape index (κ3) is 5.64. The van der Waals surface area contributed by atoms with Crippen LogP contribution in [0.25, 0.3) is 10.8 Å². The van der Waals surface area contributed by atoms with Crippen molar-refractivity contribution in [2.45, 2.75) is 45.3 Å². The van der Waals surface area contributed by atoms with Gasteiger partial charge in [0.05, 0.1) is 17.8 Å². The molecule has 5 nitrogen and oxygen atoms in total. The molecule has 1 heterocycles. The fraction of sp³-hybridized carbons (Fsp3) is 0.281. The number of benzene rings is 4. The van der Waals surface area contributed by atoms with E-state index in [0.717, 1.165) is 35.7 Å². The van der Waals surface area contributed by atoms with Gasteiger partial charge in [0, 0.05) is 11.7 Å². The second kappa shape index (κ2) is 11.9. The van der Waals surface area contributed by atoms with Crippen LogP contribution in [0, 0.1) is 0 Å². The molecule has 1 unspecified atom stereocenters. The maximum absolute atomic E-state index is 12.0. The third-order valence-electron chi connectivity index (χ3n) is 7.24. The predicted octanol–water partition coefficient (Wildman–Crippen LogP) is 7.72. The van der Waals surface area contributed by atoms with Gasteiger partial charge in [-0.2, -0.15) is 0 Å². The molecular formula is C32H35ClN2O3. The maximum Gasteiger partial charge on any atom is 0.336 e. The van der Waals surface area contributed by atoms with E-state index in [9.17, 15) is 9.90 Å². The van der Waals surface area contributed by atoms with Crippen LogP contribution in [0.3, 0.4) is 0 Å². The average molecular weight is 531 g/mol. The highest BCUT2D eigenvalue weighted by atomic mass is 35.5. The van der Waals surface area contributed by atoms with Crippen LogP contribution >= 0.6 is 12.4 Å². The van der Waals surface area contributed by atoms with Crippen LogP contribution in [0.2, 0.25) is 0 Å². The van der Waals surface area contributed by atoms with Gasteiger partial charge < -0.3 is 20.1 Å². The van der Waals surface area contributed by atoms with E-state index in [1.807, 2.05) is 50.2 Å². The van der Waals surface area contributed by atoms with Crippen molar-refractivity contribution >= 4 is 40.5 Å². The maximum atomic E-state index is 12.0. The first-order valence-electron chi connectivity index (χ1n) is 13.0. The molecular weight excluding hydrogens is 496 g/mol. The number of carboxylic acid groups (broad SMARTS) is 1. The van der Waals surface area contributed by atoms with Crippen LogP contribution in [0.5, 0.6) is 5.75 Å². The lowest BCUT2D eigenvalue weighted by atomic mass is 9.96. The van der Waals surface area contributed by atoms with E-state index in [4.69, 9.17) is 4.74 Å². The highest BCUT2D eigenvalue weighted by Gasteiger charge is 2.27. The van der Waals surface area contributed by atoms with Crippen molar-refractivity contribution < 1.29 is 14.6 Å². The van der Waals surface area contributed by atoms with E-state index < -0.39 is 5.97 Å². The van der Waals surface area contributed by atoms with Crippen molar-refractivity contribution in [1.82, 2.24) is 5.32 Å². The molecule has 38 heavy (non-hydrogen) atoms. The van der Waals surface area contributed by atoms with E-state index in [1.54, 1.807) is 6.07 Å². The molecule has 1 aliphatic rings. The van der Waals surface area contributed by atoms with Gasteiger partial charge in [-0.15, -0.1) is 12.4 Å². The molecule has 0 fully saturated rings. The SMILES string of the molecule is CC(C)c1ccc(N2CC(CCN[C@H](C)c3cccc4ccccc34)Oc3ccccc32)cc1C(=O)O.Cl. The summed E-state index contributed by atoms with van der Waals surface area (Å²) in [4.78, 5) is 14.2. The monoisotopic (exact) mass is 530 g/mol. The Labute approximate surface area is 230 Å². The summed E-state index contributed by atoms with van der Waals surface area (Å²) in [6.07, 6.45) is 0.802. The van der Waals surface area contributed by atoms with E-state index in [-0.39, 0.29) is 30.5 Å². The fourth-order valence-electron chi connectivity index (χ4n) is 5.29. The number of carboxylic acids is 1. The van der Waals surface area contributed by atoms with Gasteiger partial charge in [-0.25, -0.2) is 4.79 Å². The number of halogens is 1. The summed E-state index contributed by atoms with van der Waals surface area (Å²) in [6.45, 7) is 7.70. The minimum Gasteiger partial charge on any atom is -0.486 e. The standard InChI is InChI=1S/C32H34N2O3.ClH/c1-21(2)26-16-15-24(19-29(26)32(35)36)34-20-25(37-31-14-7-6-13-30(31)34)17-18-33-22(3)27-12-8-10-23-9-4-5-11-28(23)27;/h4-16,19,21-22,25,33H,17-18,20H2,1-3H3,(H,35,36);1H/t22-,25?;/m1./s1. The molecule has 4 aromatic rings. The van der Waals surface area contributed by atoms with Crippen LogP contribution in [-0.2, 0) is 0 Å². The van der Waals surface area contributed by atoms with Gasteiger partial charge in [0.2, 0.25) is 0 Å². The Morgan fingerprint density at radius 2 is 1.71 bits per heavy atom.